The summed E-state index contributed by atoms with van der Waals surface area (Å²) in [4.78, 5) is 2.47. The van der Waals surface area contributed by atoms with E-state index in [1.165, 1.54) is 5.56 Å². The number of rotatable bonds is 8. The molecule has 0 radical (unpaired) electrons. The summed E-state index contributed by atoms with van der Waals surface area (Å²) in [5, 5.41) is 7.54. The minimum atomic E-state index is 1.06. The molecule has 0 unspecified atom stereocenters. The second-order valence-electron chi connectivity index (χ2n) is 4.06. The lowest BCUT2D eigenvalue weighted by molar-refractivity contribution is 0.291. The van der Waals surface area contributed by atoms with E-state index < -0.39 is 0 Å². The fraction of sp³-hybridized carbons (Fsp3) is 0.750. The minimum absolute atomic E-state index is 1.06. The standard InChI is InChI=1S/C12H24N4/c1-4-13-7-9-16(5-2)8-6-12-10-14-15(3)11-12/h10-11,13H,4-9H2,1-3H3. The van der Waals surface area contributed by atoms with Gasteiger partial charge in [0.05, 0.1) is 6.20 Å². The van der Waals surface area contributed by atoms with Crippen LogP contribution in [0.3, 0.4) is 0 Å². The van der Waals surface area contributed by atoms with Crippen LogP contribution in [0, 0.1) is 0 Å². The van der Waals surface area contributed by atoms with Gasteiger partial charge in [-0.05, 0) is 25.1 Å². The Kier molecular flexibility index (Phi) is 6.11. The third-order valence-corrected chi connectivity index (χ3v) is 2.78. The van der Waals surface area contributed by atoms with Crippen molar-refractivity contribution in [2.45, 2.75) is 20.3 Å². The zero-order valence-corrected chi connectivity index (χ0v) is 10.7. The summed E-state index contributed by atoms with van der Waals surface area (Å²) in [5.41, 5.74) is 1.32. The zero-order valence-electron chi connectivity index (χ0n) is 10.7. The molecule has 0 saturated carbocycles. The molecule has 0 bridgehead atoms. The third kappa shape index (κ3) is 4.77. The molecule has 0 saturated heterocycles. The van der Waals surface area contributed by atoms with E-state index in [1.54, 1.807) is 0 Å². The van der Waals surface area contributed by atoms with Crippen LogP contribution in [0.2, 0.25) is 0 Å². The Hall–Kier alpha value is -0.870. The van der Waals surface area contributed by atoms with Crippen molar-refractivity contribution in [2.24, 2.45) is 7.05 Å². The summed E-state index contributed by atoms with van der Waals surface area (Å²) in [6.45, 7) is 9.86. The van der Waals surface area contributed by atoms with Crippen LogP contribution in [0.5, 0.6) is 0 Å². The topological polar surface area (TPSA) is 33.1 Å². The van der Waals surface area contributed by atoms with Gasteiger partial charge in [0.15, 0.2) is 0 Å². The van der Waals surface area contributed by atoms with Gasteiger partial charge in [0.2, 0.25) is 0 Å². The summed E-state index contributed by atoms with van der Waals surface area (Å²) in [6.07, 6.45) is 5.14. The maximum atomic E-state index is 4.18. The Morgan fingerprint density at radius 2 is 2.19 bits per heavy atom. The van der Waals surface area contributed by atoms with E-state index in [0.717, 1.165) is 39.1 Å². The molecule has 0 spiro atoms. The molecule has 0 aromatic carbocycles. The maximum absolute atomic E-state index is 4.18. The average Bonchev–Trinajstić information content (AvgIpc) is 2.69. The Labute approximate surface area is 98.6 Å². The van der Waals surface area contributed by atoms with Gasteiger partial charge in [-0.2, -0.15) is 5.10 Å². The van der Waals surface area contributed by atoms with Crippen molar-refractivity contribution >= 4 is 0 Å². The van der Waals surface area contributed by atoms with E-state index in [1.807, 2.05) is 17.9 Å². The lowest BCUT2D eigenvalue weighted by Gasteiger charge is -2.19. The summed E-state index contributed by atoms with van der Waals surface area (Å²) in [7, 11) is 1.96. The van der Waals surface area contributed by atoms with Crippen LogP contribution in [0.25, 0.3) is 0 Å². The number of aryl methyl sites for hydroxylation is 1. The summed E-state index contributed by atoms with van der Waals surface area (Å²) < 4.78 is 1.87. The molecule has 1 aromatic rings. The monoisotopic (exact) mass is 224 g/mol. The molecule has 0 aliphatic carbocycles. The highest BCUT2D eigenvalue weighted by atomic mass is 15.2. The zero-order chi connectivity index (χ0) is 11.8. The second-order valence-corrected chi connectivity index (χ2v) is 4.06. The second kappa shape index (κ2) is 7.41. The van der Waals surface area contributed by atoms with E-state index >= 15 is 0 Å². The quantitative estimate of drug-likeness (QED) is 0.666. The van der Waals surface area contributed by atoms with Gasteiger partial charge in [-0.15, -0.1) is 0 Å². The number of likely N-dealkylation sites (N-methyl/N-ethyl adjacent to an activating group) is 2. The minimum Gasteiger partial charge on any atom is -0.316 e. The largest absolute Gasteiger partial charge is 0.316 e. The van der Waals surface area contributed by atoms with Gasteiger partial charge >= 0.3 is 0 Å². The Bertz CT molecular complexity index is 282. The van der Waals surface area contributed by atoms with E-state index in [-0.39, 0.29) is 0 Å². The lowest BCUT2D eigenvalue weighted by Crippen LogP contribution is -2.33. The Balaban J connectivity index is 2.22. The van der Waals surface area contributed by atoms with Gasteiger partial charge in [-0.3, -0.25) is 4.68 Å². The first-order chi connectivity index (χ1) is 7.76. The van der Waals surface area contributed by atoms with Gasteiger partial charge in [-0.25, -0.2) is 0 Å². The molecular formula is C12H24N4. The van der Waals surface area contributed by atoms with Crippen LogP contribution in [-0.2, 0) is 13.5 Å². The molecule has 1 rings (SSSR count). The number of nitrogens with one attached hydrogen (secondary N) is 1. The van der Waals surface area contributed by atoms with Crippen LogP contribution < -0.4 is 5.32 Å². The summed E-state index contributed by atoms with van der Waals surface area (Å²) in [6, 6.07) is 0. The number of hydrogen-bond acceptors (Lipinski definition) is 3. The Morgan fingerprint density at radius 1 is 1.38 bits per heavy atom. The van der Waals surface area contributed by atoms with E-state index in [0.29, 0.717) is 0 Å². The first kappa shape index (κ1) is 13.2. The molecule has 16 heavy (non-hydrogen) atoms. The first-order valence-corrected chi connectivity index (χ1v) is 6.16. The van der Waals surface area contributed by atoms with E-state index in [4.69, 9.17) is 0 Å². The highest BCUT2D eigenvalue weighted by molar-refractivity contribution is 5.03. The molecule has 4 nitrogen and oxygen atoms in total. The maximum Gasteiger partial charge on any atom is 0.0522 e. The number of hydrogen-bond donors (Lipinski definition) is 1. The highest BCUT2D eigenvalue weighted by Crippen LogP contribution is 1.99. The van der Waals surface area contributed by atoms with Gasteiger partial charge < -0.3 is 10.2 Å². The molecule has 0 aliphatic heterocycles. The van der Waals surface area contributed by atoms with Crippen LogP contribution in [0.15, 0.2) is 12.4 Å². The number of aromatic nitrogens is 2. The fourth-order valence-electron chi connectivity index (χ4n) is 1.73. The first-order valence-electron chi connectivity index (χ1n) is 6.16. The van der Waals surface area contributed by atoms with Crippen molar-refractivity contribution in [1.29, 1.82) is 0 Å². The predicted octanol–water partition coefficient (Wildman–Crippen LogP) is 0.894. The van der Waals surface area contributed by atoms with E-state index in [9.17, 15) is 0 Å². The van der Waals surface area contributed by atoms with Crippen molar-refractivity contribution < 1.29 is 0 Å². The van der Waals surface area contributed by atoms with Gasteiger partial charge in [0, 0.05) is 32.9 Å². The predicted molar refractivity (Wildman–Crippen MR) is 67.6 cm³/mol. The average molecular weight is 224 g/mol. The van der Waals surface area contributed by atoms with Crippen molar-refractivity contribution in [2.75, 3.05) is 32.7 Å². The molecule has 1 aromatic heterocycles. The van der Waals surface area contributed by atoms with Crippen LogP contribution in [0.1, 0.15) is 19.4 Å². The SMILES string of the molecule is CCNCCN(CC)CCc1cnn(C)c1. The molecule has 92 valence electrons. The molecule has 1 N–H and O–H groups in total. The Morgan fingerprint density at radius 3 is 2.75 bits per heavy atom. The fourth-order valence-corrected chi connectivity index (χ4v) is 1.73. The van der Waals surface area contributed by atoms with Gasteiger partial charge in [-0.1, -0.05) is 13.8 Å². The lowest BCUT2D eigenvalue weighted by atomic mass is 10.2. The molecule has 0 atom stereocenters. The van der Waals surface area contributed by atoms with Crippen molar-refractivity contribution in [1.82, 2.24) is 20.0 Å². The normalized spacial score (nSPS) is 11.2. The molecule has 0 amide bonds. The number of nitrogens with zero attached hydrogens (tertiary/aromatic N) is 3. The third-order valence-electron chi connectivity index (χ3n) is 2.78. The molecular weight excluding hydrogens is 200 g/mol. The molecule has 0 aliphatic rings. The smallest absolute Gasteiger partial charge is 0.0522 e. The van der Waals surface area contributed by atoms with Gasteiger partial charge in [0.1, 0.15) is 0 Å². The van der Waals surface area contributed by atoms with Crippen molar-refractivity contribution in [3.63, 3.8) is 0 Å². The molecule has 1 heterocycles. The van der Waals surface area contributed by atoms with Crippen LogP contribution >= 0.6 is 0 Å². The van der Waals surface area contributed by atoms with Crippen molar-refractivity contribution in [3.05, 3.63) is 18.0 Å². The molecule has 4 heteroatoms. The van der Waals surface area contributed by atoms with Crippen molar-refractivity contribution in [3.8, 4) is 0 Å². The van der Waals surface area contributed by atoms with E-state index in [2.05, 4.69) is 35.4 Å². The van der Waals surface area contributed by atoms with Crippen LogP contribution in [-0.4, -0.2) is 47.4 Å². The summed E-state index contributed by atoms with van der Waals surface area (Å²) >= 11 is 0. The highest BCUT2D eigenvalue weighted by Gasteiger charge is 2.03. The molecule has 0 fully saturated rings. The summed E-state index contributed by atoms with van der Waals surface area (Å²) in [5.74, 6) is 0. The van der Waals surface area contributed by atoms with Gasteiger partial charge in [0.25, 0.3) is 0 Å². The van der Waals surface area contributed by atoms with Crippen LogP contribution in [0.4, 0.5) is 0 Å².